The van der Waals surface area contributed by atoms with Gasteiger partial charge in [-0.3, -0.25) is 0 Å². The highest BCUT2D eigenvalue weighted by Gasteiger charge is 2.70. The molecule has 6 heteroatoms. The molecular formula is C9H6F5N. The molecule has 1 aliphatic carbocycles. The molecule has 1 atom stereocenters. The maximum absolute atomic E-state index is 13.1. The lowest BCUT2D eigenvalue weighted by Crippen LogP contribution is -2.28. The number of hydrogen-bond donors (Lipinski definition) is 1. The highest BCUT2D eigenvalue weighted by atomic mass is 19.3. The minimum absolute atomic E-state index is 0.216. The molecule has 0 saturated heterocycles. The molecule has 2 N–H and O–H groups in total. The molecule has 82 valence electrons. The second-order valence-electron chi connectivity index (χ2n) is 3.60. The molecule has 1 saturated carbocycles. The van der Waals surface area contributed by atoms with Crippen LogP contribution in [0.25, 0.3) is 0 Å². The molecule has 1 aromatic rings. The summed E-state index contributed by atoms with van der Waals surface area (Å²) in [5.74, 6) is -7.34. The van der Waals surface area contributed by atoms with Gasteiger partial charge in [-0.15, -0.1) is 0 Å². The fraction of sp³-hybridized carbons (Fsp3) is 0.333. The van der Waals surface area contributed by atoms with Gasteiger partial charge in [-0.2, -0.15) is 0 Å². The second kappa shape index (κ2) is 2.69. The highest BCUT2D eigenvalue weighted by molar-refractivity contribution is 5.37. The first-order chi connectivity index (χ1) is 6.78. The van der Waals surface area contributed by atoms with E-state index < -0.39 is 40.9 Å². The number of rotatable bonds is 1. The first kappa shape index (κ1) is 10.4. The van der Waals surface area contributed by atoms with Crippen LogP contribution in [0, 0.1) is 17.5 Å². The van der Waals surface area contributed by atoms with Gasteiger partial charge in [0.15, 0.2) is 11.6 Å². The zero-order chi connectivity index (χ0) is 11.4. The molecule has 0 spiro atoms. The van der Waals surface area contributed by atoms with Crippen molar-refractivity contribution >= 4 is 0 Å². The summed E-state index contributed by atoms with van der Waals surface area (Å²) in [7, 11) is 0. The number of hydrogen-bond acceptors (Lipinski definition) is 1. The Morgan fingerprint density at radius 2 is 1.47 bits per heavy atom. The van der Waals surface area contributed by atoms with Gasteiger partial charge in [0.05, 0.1) is 0 Å². The summed E-state index contributed by atoms with van der Waals surface area (Å²) in [6, 6.07) is 0.596. The molecule has 1 aliphatic rings. The SMILES string of the molecule is NC1(c2cc(F)c(F)cc2F)CC1(F)F. The summed E-state index contributed by atoms with van der Waals surface area (Å²) < 4.78 is 63.9. The second-order valence-corrected chi connectivity index (χ2v) is 3.60. The Morgan fingerprint density at radius 1 is 1.00 bits per heavy atom. The van der Waals surface area contributed by atoms with Crippen LogP contribution in [0.15, 0.2) is 12.1 Å². The maximum Gasteiger partial charge on any atom is 0.272 e. The van der Waals surface area contributed by atoms with Crippen LogP contribution in [0.4, 0.5) is 22.0 Å². The average molecular weight is 223 g/mol. The summed E-state index contributed by atoms with van der Waals surface area (Å²) >= 11 is 0. The highest BCUT2D eigenvalue weighted by Crippen LogP contribution is 2.58. The van der Waals surface area contributed by atoms with Crippen LogP contribution in [0.1, 0.15) is 12.0 Å². The van der Waals surface area contributed by atoms with Crippen LogP contribution in [-0.4, -0.2) is 5.92 Å². The van der Waals surface area contributed by atoms with E-state index in [1.165, 1.54) is 0 Å². The van der Waals surface area contributed by atoms with Crippen LogP contribution in [0.2, 0.25) is 0 Å². The number of alkyl halides is 2. The molecule has 15 heavy (non-hydrogen) atoms. The molecule has 0 bridgehead atoms. The lowest BCUT2D eigenvalue weighted by molar-refractivity contribution is 0.0880. The Kier molecular flexibility index (Phi) is 1.86. The summed E-state index contributed by atoms with van der Waals surface area (Å²) in [6.45, 7) is 0. The zero-order valence-electron chi connectivity index (χ0n) is 7.33. The Balaban J connectivity index is 2.52. The van der Waals surface area contributed by atoms with Crippen LogP contribution >= 0.6 is 0 Å². The Hall–Kier alpha value is -1.17. The van der Waals surface area contributed by atoms with Crippen LogP contribution in [0.5, 0.6) is 0 Å². The summed E-state index contributed by atoms with van der Waals surface area (Å²) in [5.41, 5.74) is 2.30. The summed E-state index contributed by atoms with van der Waals surface area (Å²) in [6.07, 6.45) is -0.762. The van der Waals surface area contributed by atoms with E-state index in [1.54, 1.807) is 0 Å². The molecule has 1 unspecified atom stereocenters. The first-order valence-corrected chi connectivity index (χ1v) is 4.10. The van der Waals surface area contributed by atoms with Gasteiger partial charge in [0.25, 0.3) is 5.92 Å². The standard InChI is InChI=1S/C9H6F5N/c10-5-2-7(12)6(11)1-4(5)8(15)3-9(8,13)14/h1-2H,3,15H2. The Morgan fingerprint density at radius 3 is 1.93 bits per heavy atom. The molecule has 1 aromatic carbocycles. The predicted molar refractivity (Wildman–Crippen MR) is 41.7 cm³/mol. The van der Waals surface area contributed by atoms with Crippen molar-refractivity contribution < 1.29 is 22.0 Å². The third-order valence-electron chi connectivity index (χ3n) is 2.52. The van der Waals surface area contributed by atoms with E-state index >= 15 is 0 Å². The van der Waals surface area contributed by atoms with Crippen LogP contribution in [-0.2, 0) is 5.54 Å². The van der Waals surface area contributed by atoms with Gasteiger partial charge in [0.1, 0.15) is 11.4 Å². The van der Waals surface area contributed by atoms with Crippen molar-refractivity contribution in [2.45, 2.75) is 17.9 Å². The molecule has 1 fully saturated rings. The third kappa shape index (κ3) is 1.31. The summed E-state index contributed by atoms with van der Waals surface area (Å²) in [5, 5.41) is 0. The van der Waals surface area contributed by atoms with E-state index in [0.717, 1.165) is 0 Å². The molecule has 0 amide bonds. The fourth-order valence-electron chi connectivity index (χ4n) is 1.46. The van der Waals surface area contributed by atoms with Gasteiger partial charge in [0, 0.05) is 18.1 Å². The summed E-state index contributed by atoms with van der Waals surface area (Å²) in [4.78, 5) is 0. The number of halogens is 5. The van der Waals surface area contributed by atoms with Gasteiger partial charge >= 0.3 is 0 Å². The van der Waals surface area contributed by atoms with Gasteiger partial charge in [-0.05, 0) is 6.07 Å². The average Bonchev–Trinajstić information content (AvgIpc) is 2.60. The van der Waals surface area contributed by atoms with E-state index in [4.69, 9.17) is 5.73 Å². The number of nitrogens with two attached hydrogens (primary N) is 1. The third-order valence-corrected chi connectivity index (χ3v) is 2.52. The van der Waals surface area contributed by atoms with Gasteiger partial charge in [-0.25, -0.2) is 22.0 Å². The molecule has 0 aromatic heterocycles. The van der Waals surface area contributed by atoms with Crippen molar-refractivity contribution in [3.8, 4) is 0 Å². The van der Waals surface area contributed by atoms with E-state index in [0.29, 0.717) is 6.07 Å². The molecule has 2 rings (SSSR count). The maximum atomic E-state index is 13.1. The number of benzene rings is 1. The molecular weight excluding hydrogens is 217 g/mol. The van der Waals surface area contributed by atoms with Crippen molar-refractivity contribution in [2.75, 3.05) is 0 Å². The normalized spacial score (nSPS) is 27.9. The van der Waals surface area contributed by atoms with Crippen molar-refractivity contribution in [3.63, 3.8) is 0 Å². The van der Waals surface area contributed by atoms with Gasteiger partial charge in [-0.1, -0.05) is 0 Å². The van der Waals surface area contributed by atoms with Gasteiger partial charge < -0.3 is 5.73 Å². The molecule has 1 nitrogen and oxygen atoms in total. The van der Waals surface area contributed by atoms with E-state index in [-0.39, 0.29) is 6.07 Å². The van der Waals surface area contributed by atoms with Gasteiger partial charge in [0.2, 0.25) is 0 Å². The minimum Gasteiger partial charge on any atom is -0.316 e. The minimum atomic E-state index is -3.27. The van der Waals surface area contributed by atoms with Crippen molar-refractivity contribution in [1.82, 2.24) is 0 Å². The van der Waals surface area contributed by atoms with Crippen LogP contribution in [0.3, 0.4) is 0 Å². The van der Waals surface area contributed by atoms with Crippen LogP contribution < -0.4 is 5.73 Å². The van der Waals surface area contributed by atoms with E-state index in [2.05, 4.69) is 0 Å². The predicted octanol–water partition coefficient (Wildman–Crippen LogP) is 2.30. The van der Waals surface area contributed by atoms with Crippen molar-refractivity contribution in [3.05, 3.63) is 35.1 Å². The monoisotopic (exact) mass is 223 g/mol. The largest absolute Gasteiger partial charge is 0.316 e. The van der Waals surface area contributed by atoms with E-state index in [9.17, 15) is 22.0 Å². The molecule has 0 aliphatic heterocycles. The lowest BCUT2D eigenvalue weighted by Gasteiger charge is -2.12. The Labute approximate surface area is 81.7 Å². The topological polar surface area (TPSA) is 26.0 Å². The van der Waals surface area contributed by atoms with E-state index in [1.807, 2.05) is 0 Å². The first-order valence-electron chi connectivity index (χ1n) is 4.10. The fourth-order valence-corrected chi connectivity index (χ4v) is 1.46. The smallest absolute Gasteiger partial charge is 0.272 e. The lowest BCUT2D eigenvalue weighted by atomic mass is 10.0. The van der Waals surface area contributed by atoms with Crippen molar-refractivity contribution in [2.24, 2.45) is 5.73 Å². The zero-order valence-corrected chi connectivity index (χ0v) is 7.33. The quantitative estimate of drug-likeness (QED) is 0.573. The Bertz CT molecular complexity index is 431. The molecule has 0 radical (unpaired) electrons. The van der Waals surface area contributed by atoms with Crippen molar-refractivity contribution in [1.29, 1.82) is 0 Å². The molecule has 0 heterocycles.